The maximum Gasteiger partial charge on any atom is 0.318 e. The summed E-state index contributed by atoms with van der Waals surface area (Å²) in [7, 11) is 0. The van der Waals surface area contributed by atoms with Crippen molar-refractivity contribution in [2.24, 2.45) is 0 Å². The summed E-state index contributed by atoms with van der Waals surface area (Å²) in [6.07, 6.45) is 1.10. The minimum Gasteiger partial charge on any atom is -0.481 e. The summed E-state index contributed by atoms with van der Waals surface area (Å²) >= 11 is 0. The fourth-order valence-corrected chi connectivity index (χ4v) is 2.06. The lowest BCUT2D eigenvalue weighted by molar-refractivity contribution is -0.142. The van der Waals surface area contributed by atoms with Gasteiger partial charge in [-0.3, -0.25) is 9.59 Å². The lowest BCUT2D eigenvalue weighted by atomic mass is 10.1. The van der Waals surface area contributed by atoms with Crippen molar-refractivity contribution < 1.29 is 23.9 Å². The largest absolute Gasteiger partial charge is 0.481 e. The average Bonchev–Trinajstić information content (AvgIpc) is 2.84. The van der Waals surface area contributed by atoms with Gasteiger partial charge in [0.15, 0.2) is 0 Å². The fourth-order valence-electron chi connectivity index (χ4n) is 2.06. The van der Waals surface area contributed by atoms with E-state index in [4.69, 9.17) is 9.52 Å². The van der Waals surface area contributed by atoms with Crippen molar-refractivity contribution >= 4 is 17.9 Å². The number of urea groups is 1. The van der Waals surface area contributed by atoms with Gasteiger partial charge in [0.25, 0.3) is 0 Å². The lowest BCUT2D eigenvalue weighted by Crippen LogP contribution is -2.59. The molecular formula is C12H16N4O5. The normalized spacial score (nSPS) is 18.2. The average molecular weight is 296 g/mol. The quantitative estimate of drug-likeness (QED) is 0.686. The highest BCUT2D eigenvalue weighted by Gasteiger charge is 2.34. The number of piperazine rings is 1. The molecule has 3 amide bonds. The molecule has 0 saturated carbocycles. The Hall–Kier alpha value is -2.58. The number of carboxylic acids is 1. The van der Waals surface area contributed by atoms with Crippen molar-refractivity contribution in [1.29, 1.82) is 0 Å². The van der Waals surface area contributed by atoms with Crippen LogP contribution in [0.3, 0.4) is 0 Å². The van der Waals surface area contributed by atoms with Gasteiger partial charge in [-0.2, -0.15) is 0 Å². The van der Waals surface area contributed by atoms with Crippen LogP contribution in [0, 0.1) is 6.92 Å². The van der Waals surface area contributed by atoms with Crippen molar-refractivity contribution in [2.75, 3.05) is 13.1 Å². The second-order valence-electron chi connectivity index (χ2n) is 4.62. The predicted molar refractivity (Wildman–Crippen MR) is 69.2 cm³/mol. The number of rotatable bonds is 4. The highest BCUT2D eigenvalue weighted by Crippen LogP contribution is 2.10. The van der Waals surface area contributed by atoms with Gasteiger partial charge in [-0.1, -0.05) is 0 Å². The van der Waals surface area contributed by atoms with Gasteiger partial charge < -0.3 is 25.1 Å². The van der Waals surface area contributed by atoms with Crippen LogP contribution in [-0.4, -0.2) is 52.0 Å². The Bertz CT molecular complexity index is 556. The molecule has 1 atom stereocenters. The second kappa shape index (κ2) is 6.25. The molecule has 1 saturated heterocycles. The molecule has 2 heterocycles. The van der Waals surface area contributed by atoms with Gasteiger partial charge in [0.05, 0.1) is 19.2 Å². The standard InChI is InChI=1S/C12H16N4O5/c1-7-5-14-9(21-7)6-15-12(20)16-3-2-13-11(19)8(16)4-10(17)18/h5,8H,2-4,6H2,1H3,(H,13,19)(H,15,20)(H,17,18). The van der Waals surface area contributed by atoms with E-state index in [1.165, 1.54) is 11.1 Å². The Kier molecular flexibility index (Phi) is 4.41. The molecular weight excluding hydrogens is 280 g/mol. The molecule has 1 unspecified atom stereocenters. The Morgan fingerprint density at radius 1 is 1.62 bits per heavy atom. The number of nitrogens with one attached hydrogen (secondary N) is 2. The zero-order chi connectivity index (χ0) is 15.4. The van der Waals surface area contributed by atoms with Crippen molar-refractivity contribution in [3.05, 3.63) is 17.8 Å². The van der Waals surface area contributed by atoms with Gasteiger partial charge in [-0.15, -0.1) is 0 Å². The van der Waals surface area contributed by atoms with Crippen LogP contribution >= 0.6 is 0 Å². The summed E-state index contributed by atoms with van der Waals surface area (Å²) < 4.78 is 5.22. The molecule has 1 fully saturated rings. The van der Waals surface area contributed by atoms with Crippen LogP contribution in [0.25, 0.3) is 0 Å². The Labute approximate surface area is 120 Å². The van der Waals surface area contributed by atoms with Gasteiger partial charge in [-0.25, -0.2) is 9.78 Å². The first-order valence-corrected chi connectivity index (χ1v) is 6.42. The topological polar surface area (TPSA) is 125 Å². The third-order valence-electron chi connectivity index (χ3n) is 3.02. The molecule has 0 radical (unpaired) electrons. The van der Waals surface area contributed by atoms with Gasteiger partial charge in [0.2, 0.25) is 11.8 Å². The smallest absolute Gasteiger partial charge is 0.318 e. The van der Waals surface area contributed by atoms with Crippen LogP contribution in [0.4, 0.5) is 4.79 Å². The van der Waals surface area contributed by atoms with Gasteiger partial charge >= 0.3 is 12.0 Å². The molecule has 3 N–H and O–H groups in total. The molecule has 1 aliphatic rings. The number of nitrogens with zero attached hydrogens (tertiary/aromatic N) is 2. The van der Waals surface area contributed by atoms with E-state index in [2.05, 4.69) is 15.6 Å². The van der Waals surface area contributed by atoms with E-state index >= 15 is 0 Å². The van der Waals surface area contributed by atoms with Crippen LogP contribution in [0.1, 0.15) is 18.1 Å². The first-order valence-electron chi connectivity index (χ1n) is 6.42. The molecule has 2 rings (SSSR count). The van der Waals surface area contributed by atoms with E-state index in [0.717, 1.165) is 0 Å². The zero-order valence-electron chi connectivity index (χ0n) is 11.5. The number of oxazole rings is 1. The molecule has 0 aromatic carbocycles. The molecule has 0 aliphatic carbocycles. The molecule has 1 aromatic rings. The zero-order valence-corrected chi connectivity index (χ0v) is 11.5. The van der Waals surface area contributed by atoms with Crippen molar-refractivity contribution in [2.45, 2.75) is 25.9 Å². The second-order valence-corrected chi connectivity index (χ2v) is 4.62. The van der Waals surface area contributed by atoms with E-state index < -0.39 is 30.4 Å². The number of carbonyl (C=O) groups is 3. The Morgan fingerprint density at radius 2 is 2.38 bits per heavy atom. The van der Waals surface area contributed by atoms with Crippen molar-refractivity contribution in [3.63, 3.8) is 0 Å². The number of aliphatic carboxylic acids is 1. The van der Waals surface area contributed by atoms with Gasteiger partial charge in [0, 0.05) is 13.1 Å². The molecule has 0 bridgehead atoms. The van der Waals surface area contributed by atoms with Crippen molar-refractivity contribution in [3.8, 4) is 0 Å². The van der Waals surface area contributed by atoms with Crippen LogP contribution in [0.5, 0.6) is 0 Å². The van der Waals surface area contributed by atoms with Gasteiger partial charge in [0.1, 0.15) is 11.8 Å². The lowest BCUT2D eigenvalue weighted by Gasteiger charge is -2.34. The molecule has 9 heteroatoms. The summed E-state index contributed by atoms with van der Waals surface area (Å²) in [5.74, 6) is -0.638. The monoisotopic (exact) mass is 296 g/mol. The molecule has 114 valence electrons. The van der Waals surface area contributed by atoms with E-state index in [-0.39, 0.29) is 13.1 Å². The number of aryl methyl sites for hydroxylation is 1. The number of hydrogen-bond donors (Lipinski definition) is 3. The maximum atomic E-state index is 12.1. The number of carbonyl (C=O) groups excluding carboxylic acids is 2. The number of amides is 3. The first-order chi connectivity index (χ1) is 9.97. The van der Waals surface area contributed by atoms with Crippen molar-refractivity contribution in [1.82, 2.24) is 20.5 Å². The minimum absolute atomic E-state index is 0.0740. The summed E-state index contributed by atoms with van der Waals surface area (Å²) in [4.78, 5) is 39.7. The Morgan fingerprint density at radius 3 is 3.00 bits per heavy atom. The van der Waals surface area contributed by atoms with Crippen LogP contribution < -0.4 is 10.6 Å². The summed E-state index contributed by atoms with van der Waals surface area (Å²) in [5.41, 5.74) is 0. The predicted octanol–water partition coefficient (Wildman–Crippen LogP) is -0.532. The van der Waals surface area contributed by atoms with Gasteiger partial charge in [-0.05, 0) is 6.92 Å². The van der Waals surface area contributed by atoms with E-state index in [1.54, 1.807) is 6.92 Å². The Balaban J connectivity index is 1.98. The highest BCUT2D eigenvalue weighted by atomic mass is 16.4. The molecule has 21 heavy (non-hydrogen) atoms. The van der Waals surface area contributed by atoms with Crippen LogP contribution in [0.2, 0.25) is 0 Å². The third kappa shape index (κ3) is 3.71. The SMILES string of the molecule is Cc1cnc(CNC(=O)N2CCNC(=O)C2CC(=O)O)o1. The van der Waals surface area contributed by atoms with Crippen LogP contribution in [0.15, 0.2) is 10.6 Å². The molecule has 1 aliphatic heterocycles. The molecule has 1 aromatic heterocycles. The number of carboxylic acid groups (broad SMARTS) is 1. The highest BCUT2D eigenvalue weighted by molar-refractivity contribution is 5.91. The maximum absolute atomic E-state index is 12.1. The molecule has 0 spiro atoms. The van der Waals surface area contributed by atoms with E-state index in [0.29, 0.717) is 18.2 Å². The fraction of sp³-hybridized carbons (Fsp3) is 0.500. The summed E-state index contributed by atoms with van der Waals surface area (Å²) in [6, 6.07) is -1.53. The van der Waals surface area contributed by atoms with E-state index in [9.17, 15) is 14.4 Å². The van der Waals surface area contributed by atoms with Crippen LogP contribution in [-0.2, 0) is 16.1 Å². The number of aromatic nitrogens is 1. The number of hydrogen-bond acceptors (Lipinski definition) is 5. The molecule has 9 nitrogen and oxygen atoms in total. The van der Waals surface area contributed by atoms with E-state index in [1.807, 2.05) is 0 Å². The summed E-state index contributed by atoms with van der Waals surface area (Å²) in [5, 5.41) is 13.9. The first kappa shape index (κ1) is 14.8. The minimum atomic E-state index is -1.14. The summed E-state index contributed by atoms with van der Waals surface area (Å²) in [6.45, 7) is 2.35. The third-order valence-corrected chi connectivity index (χ3v) is 3.02.